The number of rotatable bonds is 4. The molecule has 0 spiro atoms. The molecule has 52 heavy (non-hydrogen) atoms. The highest BCUT2D eigenvalue weighted by atomic mass is 16.3. The predicted octanol–water partition coefficient (Wildman–Crippen LogP) is 13.4. The molecule has 0 unspecified atom stereocenters. The number of hydrogen-bond acceptors (Lipinski definition) is 2. The number of hydrogen-bond donors (Lipinski definition) is 0. The average Bonchev–Trinajstić information content (AvgIpc) is 3.77. The van der Waals surface area contributed by atoms with Crippen molar-refractivity contribution in [3.05, 3.63) is 182 Å². The Hall–Kier alpha value is -6.97. The summed E-state index contributed by atoms with van der Waals surface area (Å²) < 4.78 is 9.34. The lowest BCUT2D eigenvalue weighted by Gasteiger charge is -2.10. The number of nitrogens with zero attached hydrogens (tertiary/aromatic N) is 2. The fraction of sp³-hybridized carbons (Fsp3) is 0. The summed E-state index contributed by atoms with van der Waals surface area (Å²) in [5.41, 5.74) is 12.9. The molecule has 11 aromatic rings. The molecule has 3 aromatic heterocycles. The Morgan fingerprint density at radius 3 is 1.85 bits per heavy atom. The minimum Gasteiger partial charge on any atom is -0.455 e. The van der Waals surface area contributed by atoms with Crippen LogP contribution in [-0.4, -0.2) is 9.55 Å². The second-order valence-electron chi connectivity index (χ2n) is 13.5. The van der Waals surface area contributed by atoms with Crippen LogP contribution in [0.15, 0.2) is 186 Å². The summed E-state index contributed by atoms with van der Waals surface area (Å²) in [5, 5.41) is 8.02. The minimum absolute atomic E-state index is 0.897. The van der Waals surface area contributed by atoms with Crippen molar-refractivity contribution < 1.29 is 4.42 Å². The van der Waals surface area contributed by atoms with Crippen LogP contribution in [0.2, 0.25) is 0 Å². The molecule has 11 rings (SSSR count). The van der Waals surface area contributed by atoms with E-state index in [0.29, 0.717) is 0 Å². The maximum Gasteiger partial charge on any atom is 0.144 e. The van der Waals surface area contributed by atoms with Gasteiger partial charge in [0.25, 0.3) is 0 Å². The number of aromatic nitrogens is 2. The van der Waals surface area contributed by atoms with Crippen molar-refractivity contribution in [3.63, 3.8) is 0 Å². The van der Waals surface area contributed by atoms with Crippen LogP contribution < -0.4 is 0 Å². The summed E-state index contributed by atoms with van der Waals surface area (Å²) in [6, 6.07) is 64.7. The molecule has 0 saturated heterocycles. The van der Waals surface area contributed by atoms with Crippen molar-refractivity contribution in [1.29, 1.82) is 0 Å². The van der Waals surface area contributed by atoms with Gasteiger partial charge in [-0.25, -0.2) is 4.98 Å². The zero-order valence-corrected chi connectivity index (χ0v) is 28.1. The van der Waals surface area contributed by atoms with Crippen molar-refractivity contribution in [3.8, 4) is 39.2 Å². The zero-order valence-electron chi connectivity index (χ0n) is 28.1. The van der Waals surface area contributed by atoms with Gasteiger partial charge in [-0.1, -0.05) is 146 Å². The first kappa shape index (κ1) is 28.8. The molecule has 0 N–H and O–H groups in total. The van der Waals surface area contributed by atoms with E-state index in [1.165, 1.54) is 32.9 Å². The Labute approximate surface area is 299 Å². The normalized spacial score (nSPS) is 11.8. The molecule has 8 aromatic carbocycles. The van der Waals surface area contributed by atoms with Crippen LogP contribution in [0.1, 0.15) is 0 Å². The van der Waals surface area contributed by atoms with Crippen LogP contribution in [-0.2, 0) is 0 Å². The number of para-hydroxylation sites is 4. The summed E-state index contributed by atoms with van der Waals surface area (Å²) in [6.07, 6.45) is 0. The lowest BCUT2D eigenvalue weighted by Crippen LogP contribution is -1.93. The van der Waals surface area contributed by atoms with E-state index in [1.807, 2.05) is 6.07 Å². The summed E-state index contributed by atoms with van der Waals surface area (Å²) >= 11 is 0. The molecule has 0 radical (unpaired) electrons. The SMILES string of the molecule is c1ccc(-c2nc3ccccc3c3c2ccc2c4cccc(-c5ccc(-c6ccc7c8ccccc8n(-c8ccccc8)c7c6)cc5)c4oc23)cc1. The minimum atomic E-state index is 0.897. The molecule has 3 heteroatoms. The molecule has 242 valence electrons. The summed E-state index contributed by atoms with van der Waals surface area (Å²) in [7, 11) is 0. The van der Waals surface area contributed by atoms with Crippen LogP contribution in [0.3, 0.4) is 0 Å². The number of benzene rings is 8. The maximum absolute atomic E-state index is 6.97. The molecule has 0 amide bonds. The van der Waals surface area contributed by atoms with Crippen molar-refractivity contribution in [1.82, 2.24) is 9.55 Å². The van der Waals surface area contributed by atoms with Gasteiger partial charge in [-0.3, -0.25) is 0 Å². The quantitative estimate of drug-likeness (QED) is 0.176. The highest BCUT2D eigenvalue weighted by Crippen LogP contribution is 2.43. The Morgan fingerprint density at radius 1 is 0.385 bits per heavy atom. The molecule has 0 fully saturated rings. The third-order valence-corrected chi connectivity index (χ3v) is 10.6. The average molecular weight is 663 g/mol. The topological polar surface area (TPSA) is 31.0 Å². The lowest BCUT2D eigenvalue weighted by atomic mass is 9.96. The Balaban J connectivity index is 1.06. The Kier molecular flexibility index (Phi) is 6.25. The molecule has 0 bridgehead atoms. The van der Waals surface area contributed by atoms with Gasteiger partial charge in [0.05, 0.1) is 22.2 Å². The van der Waals surface area contributed by atoms with E-state index in [4.69, 9.17) is 9.40 Å². The molecule has 0 aliphatic rings. The van der Waals surface area contributed by atoms with Gasteiger partial charge >= 0.3 is 0 Å². The first-order valence-corrected chi connectivity index (χ1v) is 17.7. The highest BCUT2D eigenvalue weighted by molar-refractivity contribution is 6.25. The third kappa shape index (κ3) is 4.30. The Bertz CT molecular complexity index is 3150. The molecule has 0 saturated carbocycles. The maximum atomic E-state index is 6.97. The van der Waals surface area contributed by atoms with Gasteiger partial charge in [-0.2, -0.15) is 0 Å². The van der Waals surface area contributed by atoms with Crippen molar-refractivity contribution >= 4 is 65.4 Å². The largest absolute Gasteiger partial charge is 0.455 e. The third-order valence-electron chi connectivity index (χ3n) is 10.6. The Morgan fingerprint density at radius 2 is 1.00 bits per heavy atom. The fourth-order valence-corrected chi connectivity index (χ4v) is 8.18. The fourth-order valence-electron chi connectivity index (χ4n) is 8.18. The molecular formula is C49H30N2O. The van der Waals surface area contributed by atoms with Crippen molar-refractivity contribution in [2.45, 2.75) is 0 Å². The smallest absolute Gasteiger partial charge is 0.144 e. The molecule has 0 atom stereocenters. The first-order valence-electron chi connectivity index (χ1n) is 17.7. The van der Waals surface area contributed by atoms with Gasteiger partial charge in [0.15, 0.2) is 0 Å². The molecular weight excluding hydrogens is 633 g/mol. The standard InChI is InChI=1S/C49H30N2O/c1-3-12-33(13-4-1)47-42-29-28-40-39-19-11-18-36(48(39)52-49(40)46(42)41-17-7-9-20-43(41)50-47)32-24-22-31(23-25-32)34-26-27-38-37-16-8-10-21-44(37)51(45(38)30-34)35-14-5-2-6-15-35/h1-30H. The van der Waals surface area contributed by atoms with Crippen LogP contribution >= 0.6 is 0 Å². The monoisotopic (exact) mass is 662 g/mol. The number of pyridine rings is 1. The van der Waals surface area contributed by atoms with E-state index in [-0.39, 0.29) is 0 Å². The number of fused-ring (bicyclic) bond motifs is 10. The van der Waals surface area contributed by atoms with Gasteiger partial charge in [-0.05, 0) is 53.1 Å². The van der Waals surface area contributed by atoms with E-state index in [9.17, 15) is 0 Å². The lowest BCUT2D eigenvalue weighted by molar-refractivity contribution is 0.674. The number of furan rings is 1. The summed E-state index contributed by atoms with van der Waals surface area (Å²) in [4.78, 5) is 5.14. The van der Waals surface area contributed by atoms with Crippen LogP contribution in [0.25, 0.3) is 105 Å². The molecule has 0 aliphatic heterocycles. The van der Waals surface area contributed by atoms with Crippen LogP contribution in [0.4, 0.5) is 0 Å². The summed E-state index contributed by atoms with van der Waals surface area (Å²) in [6.45, 7) is 0. The van der Waals surface area contributed by atoms with Crippen LogP contribution in [0.5, 0.6) is 0 Å². The molecule has 3 heterocycles. The van der Waals surface area contributed by atoms with E-state index in [0.717, 1.165) is 71.7 Å². The van der Waals surface area contributed by atoms with E-state index >= 15 is 0 Å². The zero-order chi connectivity index (χ0) is 34.2. The van der Waals surface area contributed by atoms with Crippen LogP contribution in [0, 0.1) is 0 Å². The molecule has 3 nitrogen and oxygen atoms in total. The second kappa shape index (κ2) is 11.3. The van der Waals surface area contributed by atoms with E-state index in [1.54, 1.807) is 0 Å². The van der Waals surface area contributed by atoms with Crippen molar-refractivity contribution in [2.75, 3.05) is 0 Å². The predicted molar refractivity (Wildman–Crippen MR) is 217 cm³/mol. The van der Waals surface area contributed by atoms with Gasteiger partial charge < -0.3 is 8.98 Å². The van der Waals surface area contributed by atoms with E-state index < -0.39 is 0 Å². The van der Waals surface area contributed by atoms with E-state index in [2.05, 4.69) is 180 Å². The van der Waals surface area contributed by atoms with Gasteiger partial charge in [-0.15, -0.1) is 0 Å². The summed E-state index contributed by atoms with van der Waals surface area (Å²) in [5.74, 6) is 0. The highest BCUT2D eigenvalue weighted by Gasteiger charge is 2.19. The van der Waals surface area contributed by atoms with Gasteiger partial charge in [0.1, 0.15) is 11.2 Å². The first-order chi connectivity index (χ1) is 25.8. The van der Waals surface area contributed by atoms with Gasteiger partial charge in [0.2, 0.25) is 0 Å². The van der Waals surface area contributed by atoms with Crippen molar-refractivity contribution in [2.24, 2.45) is 0 Å². The molecule has 0 aliphatic carbocycles. The second-order valence-corrected chi connectivity index (χ2v) is 13.5. The van der Waals surface area contributed by atoms with Gasteiger partial charge in [0, 0.05) is 54.5 Å².